The molecule has 0 radical (unpaired) electrons. The van der Waals surface area contributed by atoms with E-state index in [0.717, 1.165) is 69.3 Å². The molecule has 0 bridgehead atoms. The lowest BCUT2D eigenvalue weighted by molar-refractivity contribution is 0.0376. The quantitative estimate of drug-likeness (QED) is 0.249. The molecule has 2 atom stereocenters. The normalized spacial score (nSPS) is 23.5. The third-order valence-electron chi connectivity index (χ3n) is 5.89. The Labute approximate surface area is 192 Å². The van der Waals surface area contributed by atoms with Crippen molar-refractivity contribution in [3.63, 3.8) is 0 Å². The van der Waals surface area contributed by atoms with Gasteiger partial charge in [0.2, 0.25) is 0 Å². The number of halogens is 1. The molecule has 2 unspecified atom stereocenters. The van der Waals surface area contributed by atoms with E-state index < -0.39 is 0 Å². The number of nitrogens with one attached hydrogen (secondary N) is 2. The summed E-state index contributed by atoms with van der Waals surface area (Å²) in [6.45, 7) is 10.7. The van der Waals surface area contributed by atoms with E-state index in [0.29, 0.717) is 12.6 Å². The van der Waals surface area contributed by atoms with Gasteiger partial charge in [-0.15, -0.1) is 34.2 Å². The van der Waals surface area contributed by atoms with Crippen LogP contribution < -0.4 is 10.6 Å². The molecule has 9 heteroatoms. The van der Waals surface area contributed by atoms with Gasteiger partial charge in [-0.2, -0.15) is 0 Å². The van der Waals surface area contributed by atoms with Gasteiger partial charge in [0.1, 0.15) is 12.4 Å². The summed E-state index contributed by atoms with van der Waals surface area (Å²) in [6.07, 6.45) is 6.19. The van der Waals surface area contributed by atoms with Crippen molar-refractivity contribution in [2.75, 3.05) is 39.4 Å². The molecule has 166 valence electrons. The predicted molar refractivity (Wildman–Crippen MR) is 127 cm³/mol. The van der Waals surface area contributed by atoms with Crippen LogP contribution in [-0.4, -0.2) is 71.1 Å². The molecular weight excluding hydrogens is 481 g/mol. The molecule has 29 heavy (non-hydrogen) atoms. The van der Waals surface area contributed by atoms with Crippen molar-refractivity contribution in [2.45, 2.75) is 58.5 Å². The van der Waals surface area contributed by atoms with Gasteiger partial charge in [-0.05, 0) is 38.6 Å². The molecule has 1 saturated carbocycles. The highest BCUT2D eigenvalue weighted by Crippen LogP contribution is 2.23. The molecule has 1 aliphatic carbocycles. The zero-order valence-electron chi connectivity index (χ0n) is 18.2. The highest BCUT2D eigenvalue weighted by atomic mass is 127. The Hall–Kier alpha value is -0.940. The number of nitrogens with zero attached hydrogens (tertiary/aromatic N) is 5. The summed E-state index contributed by atoms with van der Waals surface area (Å²) in [5, 5.41) is 15.6. The fourth-order valence-corrected chi connectivity index (χ4v) is 3.98. The van der Waals surface area contributed by atoms with Crippen molar-refractivity contribution in [3.05, 3.63) is 11.6 Å². The molecule has 3 rings (SSSR count). The Morgan fingerprint density at radius 1 is 1.24 bits per heavy atom. The van der Waals surface area contributed by atoms with Gasteiger partial charge in [0.15, 0.2) is 11.8 Å². The molecule has 0 aromatic carbocycles. The summed E-state index contributed by atoms with van der Waals surface area (Å²) in [4.78, 5) is 7.28. The van der Waals surface area contributed by atoms with E-state index in [2.05, 4.69) is 32.7 Å². The summed E-state index contributed by atoms with van der Waals surface area (Å²) in [5.41, 5.74) is 0. The summed E-state index contributed by atoms with van der Waals surface area (Å²) in [7, 11) is 1.99. The standard InChI is InChI=1S/C20H37N7O.HI/c1-16-6-4-7-18(14-16)23-20(22-15-19-25-24-17(2)26(19)3)21-8-5-9-27-10-12-28-13-11-27;/h16,18H,4-15H2,1-3H3,(H2,21,22,23);1H. The molecule has 0 spiro atoms. The molecule has 1 aromatic rings. The first-order chi connectivity index (χ1) is 13.6. The number of ether oxygens (including phenoxy) is 1. The van der Waals surface area contributed by atoms with Crippen molar-refractivity contribution < 1.29 is 4.74 Å². The van der Waals surface area contributed by atoms with E-state index in [-0.39, 0.29) is 24.0 Å². The maximum absolute atomic E-state index is 5.42. The second kappa shape index (κ2) is 12.7. The Morgan fingerprint density at radius 3 is 2.72 bits per heavy atom. The van der Waals surface area contributed by atoms with E-state index in [1.165, 1.54) is 25.7 Å². The van der Waals surface area contributed by atoms with Gasteiger partial charge < -0.3 is 19.9 Å². The van der Waals surface area contributed by atoms with Crippen LogP contribution in [0.25, 0.3) is 0 Å². The maximum atomic E-state index is 5.42. The number of morpholine rings is 1. The van der Waals surface area contributed by atoms with E-state index in [1.54, 1.807) is 0 Å². The minimum absolute atomic E-state index is 0. The molecule has 1 aromatic heterocycles. The molecule has 2 N–H and O–H groups in total. The summed E-state index contributed by atoms with van der Waals surface area (Å²) in [5.74, 6) is 3.50. The zero-order chi connectivity index (χ0) is 19.8. The van der Waals surface area contributed by atoms with Crippen LogP contribution in [0.2, 0.25) is 0 Å². The van der Waals surface area contributed by atoms with Crippen LogP contribution in [0.4, 0.5) is 0 Å². The SMILES string of the molecule is Cc1nnc(CN=C(NCCCN2CCOCC2)NC2CCCC(C)C2)n1C.I. The summed E-state index contributed by atoms with van der Waals surface area (Å²) < 4.78 is 7.43. The van der Waals surface area contributed by atoms with Gasteiger partial charge in [0, 0.05) is 32.7 Å². The van der Waals surface area contributed by atoms with Gasteiger partial charge in [-0.1, -0.05) is 19.8 Å². The lowest BCUT2D eigenvalue weighted by Gasteiger charge is -2.29. The number of aryl methyl sites for hydroxylation is 1. The highest BCUT2D eigenvalue weighted by Gasteiger charge is 2.20. The first-order valence-electron chi connectivity index (χ1n) is 10.8. The molecule has 2 heterocycles. The molecule has 1 aliphatic heterocycles. The lowest BCUT2D eigenvalue weighted by atomic mass is 9.87. The second-order valence-electron chi connectivity index (χ2n) is 8.23. The number of guanidine groups is 1. The number of hydrogen-bond acceptors (Lipinski definition) is 5. The van der Waals surface area contributed by atoms with Crippen LogP contribution in [0.15, 0.2) is 4.99 Å². The Morgan fingerprint density at radius 2 is 2.03 bits per heavy atom. The zero-order valence-corrected chi connectivity index (χ0v) is 20.5. The molecule has 2 aliphatic rings. The number of hydrogen-bond donors (Lipinski definition) is 2. The van der Waals surface area contributed by atoms with Gasteiger partial charge in [-0.3, -0.25) is 4.90 Å². The van der Waals surface area contributed by atoms with Crippen molar-refractivity contribution >= 4 is 29.9 Å². The fraction of sp³-hybridized carbons (Fsp3) is 0.850. The highest BCUT2D eigenvalue weighted by molar-refractivity contribution is 14.0. The van der Waals surface area contributed by atoms with Crippen molar-refractivity contribution in [2.24, 2.45) is 18.0 Å². The van der Waals surface area contributed by atoms with E-state index >= 15 is 0 Å². The third kappa shape index (κ3) is 8.01. The largest absolute Gasteiger partial charge is 0.379 e. The van der Waals surface area contributed by atoms with Crippen LogP contribution in [0.5, 0.6) is 0 Å². The average molecular weight is 519 g/mol. The Bertz CT molecular complexity index is 630. The van der Waals surface area contributed by atoms with E-state index in [1.807, 2.05) is 18.5 Å². The van der Waals surface area contributed by atoms with Crippen LogP contribution in [0.1, 0.15) is 50.7 Å². The van der Waals surface area contributed by atoms with E-state index in [9.17, 15) is 0 Å². The minimum atomic E-state index is 0. The first-order valence-corrected chi connectivity index (χ1v) is 10.8. The van der Waals surface area contributed by atoms with Crippen LogP contribution in [0.3, 0.4) is 0 Å². The van der Waals surface area contributed by atoms with Crippen molar-refractivity contribution in [1.82, 2.24) is 30.3 Å². The maximum Gasteiger partial charge on any atom is 0.191 e. The van der Waals surface area contributed by atoms with Gasteiger partial charge in [0.25, 0.3) is 0 Å². The van der Waals surface area contributed by atoms with Crippen LogP contribution in [0, 0.1) is 12.8 Å². The van der Waals surface area contributed by atoms with Crippen molar-refractivity contribution in [3.8, 4) is 0 Å². The minimum Gasteiger partial charge on any atom is -0.379 e. The fourth-order valence-electron chi connectivity index (χ4n) is 3.98. The predicted octanol–water partition coefficient (Wildman–Crippen LogP) is 2.08. The molecule has 0 amide bonds. The number of aliphatic imine (C=N–C) groups is 1. The Balaban J connectivity index is 0.00000300. The van der Waals surface area contributed by atoms with Gasteiger partial charge >= 0.3 is 0 Å². The van der Waals surface area contributed by atoms with E-state index in [4.69, 9.17) is 9.73 Å². The molecular formula is C20H38IN7O. The van der Waals surface area contributed by atoms with Gasteiger partial charge in [-0.25, -0.2) is 4.99 Å². The Kier molecular flexibility index (Phi) is 10.6. The monoisotopic (exact) mass is 519 g/mol. The van der Waals surface area contributed by atoms with Crippen molar-refractivity contribution in [1.29, 1.82) is 0 Å². The second-order valence-corrected chi connectivity index (χ2v) is 8.23. The molecule has 2 fully saturated rings. The number of rotatable bonds is 7. The van der Waals surface area contributed by atoms with Gasteiger partial charge in [0.05, 0.1) is 13.2 Å². The number of aromatic nitrogens is 3. The molecule has 1 saturated heterocycles. The van der Waals surface area contributed by atoms with Crippen LogP contribution in [-0.2, 0) is 18.3 Å². The summed E-state index contributed by atoms with van der Waals surface area (Å²) in [6, 6.07) is 0.510. The lowest BCUT2D eigenvalue weighted by Crippen LogP contribution is -2.46. The average Bonchev–Trinajstić information content (AvgIpc) is 3.02. The molecule has 8 nitrogen and oxygen atoms in total. The summed E-state index contributed by atoms with van der Waals surface area (Å²) >= 11 is 0. The third-order valence-corrected chi connectivity index (χ3v) is 5.89. The smallest absolute Gasteiger partial charge is 0.191 e. The first kappa shape index (κ1) is 24.3. The topological polar surface area (TPSA) is 79.6 Å². The van der Waals surface area contributed by atoms with Crippen LogP contribution >= 0.6 is 24.0 Å².